The van der Waals surface area contributed by atoms with Crippen LogP contribution in [-0.4, -0.2) is 19.9 Å². The van der Waals surface area contributed by atoms with Crippen LogP contribution in [-0.2, 0) is 0 Å². The molecule has 0 saturated carbocycles. The van der Waals surface area contributed by atoms with Gasteiger partial charge in [-0.25, -0.2) is 20.8 Å². The van der Waals surface area contributed by atoms with Crippen molar-refractivity contribution in [3.8, 4) is 11.3 Å². The first kappa shape index (κ1) is 9.73. The van der Waals surface area contributed by atoms with E-state index in [4.69, 9.17) is 5.84 Å². The van der Waals surface area contributed by atoms with E-state index in [1.54, 1.807) is 12.5 Å². The Morgan fingerprint density at radius 2 is 2.12 bits per heavy atom. The smallest absolute Gasteiger partial charge is 0.237 e. The van der Waals surface area contributed by atoms with Crippen molar-refractivity contribution in [2.75, 3.05) is 5.43 Å². The summed E-state index contributed by atoms with van der Waals surface area (Å²) in [7, 11) is 0. The molecule has 3 rings (SSSR count). The first-order valence-corrected chi connectivity index (χ1v) is 5.10. The molecule has 0 aliphatic heterocycles. The van der Waals surface area contributed by atoms with E-state index in [2.05, 4.69) is 25.4 Å². The zero-order chi connectivity index (χ0) is 11.7. The van der Waals surface area contributed by atoms with Crippen molar-refractivity contribution in [2.45, 2.75) is 0 Å². The molecule has 0 aliphatic rings. The minimum Gasteiger partial charge on any atom is -0.345 e. The van der Waals surface area contributed by atoms with E-state index >= 15 is 0 Å². The van der Waals surface area contributed by atoms with E-state index in [0.29, 0.717) is 5.95 Å². The lowest BCUT2D eigenvalue weighted by molar-refractivity contribution is 1.12. The maximum absolute atomic E-state index is 5.28. The molecule has 0 amide bonds. The SMILES string of the molecule is NNc1nccc(-c2ccc3nc[nH]c3c2)n1. The van der Waals surface area contributed by atoms with Gasteiger partial charge in [0.25, 0.3) is 0 Å². The number of rotatable bonds is 2. The van der Waals surface area contributed by atoms with Gasteiger partial charge in [0.05, 0.1) is 23.1 Å². The molecule has 0 radical (unpaired) electrons. The quantitative estimate of drug-likeness (QED) is 0.452. The summed E-state index contributed by atoms with van der Waals surface area (Å²) in [5.74, 6) is 5.68. The number of nitrogens with zero attached hydrogens (tertiary/aromatic N) is 3. The fourth-order valence-corrected chi connectivity index (χ4v) is 1.68. The third-order valence-corrected chi connectivity index (χ3v) is 2.50. The van der Waals surface area contributed by atoms with Crippen LogP contribution >= 0.6 is 0 Å². The Bertz CT molecular complexity index is 660. The molecular weight excluding hydrogens is 216 g/mol. The second kappa shape index (κ2) is 3.84. The third-order valence-electron chi connectivity index (χ3n) is 2.50. The van der Waals surface area contributed by atoms with Gasteiger partial charge in [-0.3, -0.25) is 5.43 Å². The normalized spacial score (nSPS) is 10.6. The minimum absolute atomic E-state index is 0.396. The van der Waals surface area contributed by atoms with Gasteiger partial charge in [0.2, 0.25) is 5.95 Å². The Labute approximate surface area is 96.9 Å². The fourth-order valence-electron chi connectivity index (χ4n) is 1.68. The number of hydrogen-bond donors (Lipinski definition) is 3. The van der Waals surface area contributed by atoms with Crippen LogP contribution in [0, 0.1) is 0 Å². The van der Waals surface area contributed by atoms with Crippen LogP contribution in [0.15, 0.2) is 36.8 Å². The van der Waals surface area contributed by atoms with E-state index < -0.39 is 0 Å². The molecule has 2 aromatic heterocycles. The maximum atomic E-state index is 5.28. The first-order chi connectivity index (χ1) is 8.36. The lowest BCUT2D eigenvalue weighted by atomic mass is 10.1. The number of benzene rings is 1. The third kappa shape index (κ3) is 1.70. The number of fused-ring (bicyclic) bond motifs is 1. The second-order valence-electron chi connectivity index (χ2n) is 3.54. The predicted molar refractivity (Wildman–Crippen MR) is 64.9 cm³/mol. The summed E-state index contributed by atoms with van der Waals surface area (Å²) in [6, 6.07) is 7.73. The van der Waals surface area contributed by atoms with E-state index in [1.165, 1.54) is 0 Å². The van der Waals surface area contributed by atoms with Crippen LogP contribution in [0.4, 0.5) is 5.95 Å². The van der Waals surface area contributed by atoms with Crippen LogP contribution in [0.3, 0.4) is 0 Å². The van der Waals surface area contributed by atoms with Crippen molar-refractivity contribution in [1.82, 2.24) is 19.9 Å². The van der Waals surface area contributed by atoms with Crippen molar-refractivity contribution < 1.29 is 0 Å². The Kier molecular flexibility index (Phi) is 2.20. The predicted octanol–water partition coefficient (Wildman–Crippen LogP) is 1.31. The van der Waals surface area contributed by atoms with Crippen molar-refractivity contribution in [1.29, 1.82) is 0 Å². The van der Waals surface area contributed by atoms with Crippen LogP contribution in [0.1, 0.15) is 0 Å². The standard InChI is InChI=1S/C11H10N6/c12-17-11-13-4-3-8(16-11)7-1-2-9-10(5-7)15-6-14-9/h1-6H,12H2,(H,14,15)(H,13,16,17). The molecule has 6 heteroatoms. The molecule has 2 heterocycles. The van der Waals surface area contributed by atoms with Crippen molar-refractivity contribution in [3.63, 3.8) is 0 Å². The molecule has 0 aliphatic carbocycles. The van der Waals surface area contributed by atoms with E-state index in [9.17, 15) is 0 Å². The van der Waals surface area contributed by atoms with Gasteiger partial charge in [-0.15, -0.1) is 0 Å². The Morgan fingerprint density at radius 3 is 3.00 bits per heavy atom. The minimum atomic E-state index is 0.396. The molecule has 3 aromatic rings. The van der Waals surface area contributed by atoms with Crippen LogP contribution < -0.4 is 11.3 Å². The highest BCUT2D eigenvalue weighted by Gasteiger charge is 2.03. The van der Waals surface area contributed by atoms with Crippen LogP contribution in [0.25, 0.3) is 22.3 Å². The van der Waals surface area contributed by atoms with E-state index in [0.717, 1.165) is 22.3 Å². The molecule has 1 aromatic carbocycles. The highest BCUT2D eigenvalue weighted by atomic mass is 15.3. The van der Waals surface area contributed by atoms with Gasteiger partial charge < -0.3 is 4.98 Å². The van der Waals surface area contributed by atoms with E-state index in [-0.39, 0.29) is 0 Å². The van der Waals surface area contributed by atoms with Crippen LogP contribution in [0.2, 0.25) is 0 Å². The number of nitrogens with two attached hydrogens (primary N) is 1. The lowest BCUT2D eigenvalue weighted by Crippen LogP contribution is -2.10. The summed E-state index contributed by atoms with van der Waals surface area (Å²) < 4.78 is 0. The van der Waals surface area contributed by atoms with Crippen molar-refractivity contribution in [2.24, 2.45) is 5.84 Å². The number of nitrogen functional groups attached to an aromatic ring is 1. The molecule has 0 bridgehead atoms. The summed E-state index contributed by atoms with van der Waals surface area (Å²) in [6.07, 6.45) is 3.33. The number of H-pyrrole nitrogens is 1. The van der Waals surface area contributed by atoms with Gasteiger partial charge in [0, 0.05) is 11.8 Å². The van der Waals surface area contributed by atoms with Crippen molar-refractivity contribution >= 4 is 17.0 Å². The highest BCUT2D eigenvalue weighted by molar-refractivity contribution is 5.80. The summed E-state index contributed by atoms with van der Waals surface area (Å²) in [5, 5.41) is 0. The maximum Gasteiger partial charge on any atom is 0.237 e. The molecule has 6 nitrogen and oxygen atoms in total. The van der Waals surface area contributed by atoms with Crippen LogP contribution in [0.5, 0.6) is 0 Å². The number of anilines is 1. The van der Waals surface area contributed by atoms with E-state index in [1.807, 2.05) is 24.3 Å². The number of aromatic amines is 1. The number of imidazole rings is 1. The second-order valence-corrected chi connectivity index (χ2v) is 3.54. The highest BCUT2D eigenvalue weighted by Crippen LogP contribution is 2.21. The zero-order valence-electron chi connectivity index (χ0n) is 8.88. The zero-order valence-corrected chi connectivity index (χ0v) is 8.88. The molecular formula is C11H10N6. The molecule has 0 saturated heterocycles. The number of hydrazine groups is 1. The van der Waals surface area contributed by atoms with Gasteiger partial charge in [0.1, 0.15) is 0 Å². The molecule has 4 N–H and O–H groups in total. The molecule has 0 unspecified atom stereocenters. The summed E-state index contributed by atoms with van der Waals surface area (Å²) >= 11 is 0. The van der Waals surface area contributed by atoms with Gasteiger partial charge in [0.15, 0.2) is 0 Å². The number of hydrogen-bond acceptors (Lipinski definition) is 5. The summed E-state index contributed by atoms with van der Waals surface area (Å²) in [5.41, 5.74) is 6.13. The molecule has 0 atom stereocenters. The lowest BCUT2D eigenvalue weighted by Gasteiger charge is -2.02. The van der Waals surface area contributed by atoms with Crippen molar-refractivity contribution in [3.05, 3.63) is 36.8 Å². The average molecular weight is 226 g/mol. The largest absolute Gasteiger partial charge is 0.345 e. The average Bonchev–Trinajstić information content (AvgIpc) is 2.86. The fraction of sp³-hybridized carbons (Fsp3) is 0. The Morgan fingerprint density at radius 1 is 1.18 bits per heavy atom. The molecule has 0 fully saturated rings. The van der Waals surface area contributed by atoms with Gasteiger partial charge in [-0.1, -0.05) is 6.07 Å². The summed E-state index contributed by atoms with van der Waals surface area (Å²) in [4.78, 5) is 15.5. The monoisotopic (exact) mass is 226 g/mol. The Balaban J connectivity index is 2.12. The van der Waals surface area contributed by atoms with Gasteiger partial charge in [-0.2, -0.15) is 0 Å². The molecule has 0 spiro atoms. The topological polar surface area (TPSA) is 92.5 Å². The first-order valence-electron chi connectivity index (χ1n) is 5.10. The Hall–Kier alpha value is -2.47. The van der Waals surface area contributed by atoms with Gasteiger partial charge >= 0.3 is 0 Å². The molecule has 17 heavy (non-hydrogen) atoms. The van der Waals surface area contributed by atoms with Gasteiger partial charge in [-0.05, 0) is 18.2 Å². The summed E-state index contributed by atoms with van der Waals surface area (Å²) in [6.45, 7) is 0. The number of nitrogens with one attached hydrogen (secondary N) is 2. The number of aromatic nitrogens is 4. The molecule has 84 valence electrons.